The largest absolute Gasteiger partial charge is 0.357 e. The number of aromatic nitrogens is 2. The highest BCUT2D eigenvalue weighted by molar-refractivity contribution is 7.10. The summed E-state index contributed by atoms with van der Waals surface area (Å²) in [7, 11) is 1.60. The second kappa shape index (κ2) is 5.69. The topological polar surface area (TPSA) is 67.2 Å². The summed E-state index contributed by atoms with van der Waals surface area (Å²) in [6.45, 7) is 0.857. The minimum atomic E-state index is -0.457. The maximum absolute atomic E-state index is 12.4. The third kappa shape index (κ3) is 2.69. The number of nitrogens with zero attached hydrogens (tertiary/aromatic N) is 3. The van der Waals surface area contributed by atoms with E-state index in [4.69, 9.17) is 0 Å². The summed E-state index contributed by atoms with van der Waals surface area (Å²) in [6.07, 6.45) is 2.05. The molecule has 0 unspecified atom stereocenters. The standard InChI is InChI=1S/C14H16N4O2S/c1-15-14(20)12-9-17(8-10-4-5-16-18(10)12)13(19)7-11-3-2-6-21-11/h2-6,12H,7-9H2,1H3,(H,15,20)/t12-/m1/s1. The number of carbonyl (C=O) groups excluding carboxylic acids is 2. The Morgan fingerprint density at radius 2 is 2.33 bits per heavy atom. The van der Waals surface area contributed by atoms with E-state index in [2.05, 4.69) is 10.4 Å². The van der Waals surface area contributed by atoms with Gasteiger partial charge in [0.15, 0.2) is 0 Å². The van der Waals surface area contributed by atoms with Crippen LogP contribution < -0.4 is 5.32 Å². The summed E-state index contributed by atoms with van der Waals surface area (Å²) in [5.41, 5.74) is 0.884. The molecule has 110 valence electrons. The number of hydrogen-bond acceptors (Lipinski definition) is 4. The van der Waals surface area contributed by atoms with Crippen LogP contribution in [-0.4, -0.2) is 40.1 Å². The molecule has 6 nitrogen and oxygen atoms in total. The van der Waals surface area contributed by atoms with Crippen molar-refractivity contribution in [3.63, 3.8) is 0 Å². The maximum Gasteiger partial charge on any atom is 0.246 e. The Bertz CT molecular complexity index is 650. The van der Waals surface area contributed by atoms with Gasteiger partial charge in [0.1, 0.15) is 6.04 Å². The van der Waals surface area contributed by atoms with Crippen molar-refractivity contribution in [3.05, 3.63) is 40.3 Å². The average molecular weight is 304 g/mol. The van der Waals surface area contributed by atoms with Gasteiger partial charge in [0.05, 0.1) is 25.2 Å². The molecule has 2 aromatic rings. The number of amides is 2. The molecule has 0 aliphatic carbocycles. The molecule has 0 aromatic carbocycles. The molecule has 0 spiro atoms. The van der Waals surface area contributed by atoms with E-state index < -0.39 is 6.04 Å². The van der Waals surface area contributed by atoms with Crippen molar-refractivity contribution in [3.8, 4) is 0 Å². The summed E-state index contributed by atoms with van der Waals surface area (Å²) >= 11 is 1.57. The molecule has 0 saturated carbocycles. The lowest BCUT2D eigenvalue weighted by Gasteiger charge is -2.33. The quantitative estimate of drug-likeness (QED) is 0.913. The van der Waals surface area contributed by atoms with Crippen molar-refractivity contribution >= 4 is 23.2 Å². The molecule has 7 heteroatoms. The maximum atomic E-state index is 12.4. The average Bonchev–Trinajstić information content (AvgIpc) is 3.15. The highest BCUT2D eigenvalue weighted by Gasteiger charge is 2.32. The van der Waals surface area contributed by atoms with Crippen molar-refractivity contribution in [1.82, 2.24) is 20.0 Å². The van der Waals surface area contributed by atoms with Gasteiger partial charge in [-0.05, 0) is 17.5 Å². The van der Waals surface area contributed by atoms with E-state index in [9.17, 15) is 9.59 Å². The first kappa shape index (κ1) is 13.8. The number of rotatable bonds is 3. The Morgan fingerprint density at radius 1 is 1.48 bits per heavy atom. The van der Waals surface area contributed by atoms with Crippen LogP contribution in [0.15, 0.2) is 29.8 Å². The van der Waals surface area contributed by atoms with Crippen molar-refractivity contribution in [2.75, 3.05) is 13.6 Å². The van der Waals surface area contributed by atoms with Crippen molar-refractivity contribution < 1.29 is 9.59 Å². The van der Waals surface area contributed by atoms with Gasteiger partial charge in [0, 0.05) is 18.1 Å². The lowest BCUT2D eigenvalue weighted by atomic mass is 10.1. The Labute approximate surface area is 126 Å². The lowest BCUT2D eigenvalue weighted by Crippen LogP contribution is -2.46. The first-order valence-electron chi connectivity index (χ1n) is 6.73. The van der Waals surface area contributed by atoms with E-state index in [1.807, 2.05) is 23.6 Å². The fraction of sp³-hybridized carbons (Fsp3) is 0.357. The van der Waals surface area contributed by atoms with Gasteiger partial charge in [-0.25, -0.2) is 0 Å². The predicted molar refractivity (Wildman–Crippen MR) is 78.8 cm³/mol. The number of fused-ring (bicyclic) bond motifs is 1. The van der Waals surface area contributed by atoms with E-state index in [1.54, 1.807) is 34.2 Å². The number of thiophene rings is 1. The second-order valence-corrected chi connectivity index (χ2v) is 5.96. The molecule has 0 saturated heterocycles. The van der Waals surface area contributed by atoms with Crippen molar-refractivity contribution in [1.29, 1.82) is 0 Å². The summed E-state index contributed by atoms with van der Waals surface area (Å²) in [5, 5.41) is 8.79. The Kier molecular flexibility index (Phi) is 3.74. The highest BCUT2D eigenvalue weighted by atomic mass is 32.1. The lowest BCUT2D eigenvalue weighted by molar-refractivity contribution is -0.134. The van der Waals surface area contributed by atoms with Gasteiger partial charge in [-0.1, -0.05) is 6.07 Å². The molecule has 1 aliphatic heterocycles. The van der Waals surface area contributed by atoms with Crippen LogP contribution in [0.4, 0.5) is 0 Å². The second-order valence-electron chi connectivity index (χ2n) is 4.93. The molecule has 1 atom stereocenters. The summed E-state index contributed by atoms with van der Waals surface area (Å²) in [6, 6.07) is 5.28. The molecular weight excluding hydrogens is 288 g/mol. The summed E-state index contributed by atoms with van der Waals surface area (Å²) in [4.78, 5) is 27.2. The SMILES string of the molecule is CNC(=O)[C@H]1CN(C(=O)Cc2cccs2)Cc2ccnn21. The molecule has 3 heterocycles. The molecule has 1 aliphatic rings. The van der Waals surface area contributed by atoms with Crippen LogP contribution in [0.2, 0.25) is 0 Å². The molecule has 3 rings (SSSR count). The third-order valence-electron chi connectivity index (χ3n) is 3.60. The Hall–Kier alpha value is -2.15. The highest BCUT2D eigenvalue weighted by Crippen LogP contribution is 2.22. The van der Waals surface area contributed by atoms with Crippen molar-refractivity contribution in [2.45, 2.75) is 19.0 Å². The number of likely N-dealkylation sites (N-methyl/N-ethyl adjacent to an activating group) is 1. The van der Waals surface area contributed by atoms with E-state index in [0.29, 0.717) is 19.5 Å². The van der Waals surface area contributed by atoms with Crippen molar-refractivity contribution in [2.24, 2.45) is 0 Å². The van der Waals surface area contributed by atoms with Gasteiger partial charge < -0.3 is 10.2 Å². The molecule has 1 N–H and O–H groups in total. The van der Waals surface area contributed by atoms with E-state index in [1.165, 1.54) is 0 Å². The van der Waals surface area contributed by atoms with E-state index in [-0.39, 0.29) is 11.8 Å². The minimum Gasteiger partial charge on any atom is -0.357 e. The van der Waals surface area contributed by atoms with Gasteiger partial charge in [0.2, 0.25) is 11.8 Å². The van der Waals surface area contributed by atoms with Gasteiger partial charge in [-0.2, -0.15) is 5.10 Å². The Balaban J connectivity index is 1.79. The van der Waals surface area contributed by atoms with Crippen LogP contribution in [0.3, 0.4) is 0 Å². The molecule has 0 radical (unpaired) electrons. The molecule has 21 heavy (non-hydrogen) atoms. The zero-order valence-corrected chi connectivity index (χ0v) is 12.5. The van der Waals surface area contributed by atoms with E-state index >= 15 is 0 Å². The van der Waals surface area contributed by atoms with Gasteiger partial charge in [-0.15, -0.1) is 11.3 Å². The van der Waals surface area contributed by atoms with Gasteiger partial charge >= 0.3 is 0 Å². The van der Waals surface area contributed by atoms with Crippen LogP contribution >= 0.6 is 11.3 Å². The molecule has 2 amide bonds. The zero-order chi connectivity index (χ0) is 14.8. The van der Waals surface area contributed by atoms with Crippen LogP contribution in [0.25, 0.3) is 0 Å². The normalized spacial score (nSPS) is 17.4. The first-order chi connectivity index (χ1) is 10.2. The van der Waals surface area contributed by atoms with Crippen LogP contribution in [-0.2, 0) is 22.6 Å². The molecule has 0 bridgehead atoms. The van der Waals surface area contributed by atoms with Crippen LogP contribution in [0, 0.1) is 0 Å². The fourth-order valence-electron chi connectivity index (χ4n) is 2.52. The zero-order valence-electron chi connectivity index (χ0n) is 11.7. The Morgan fingerprint density at radius 3 is 3.05 bits per heavy atom. The fourth-order valence-corrected chi connectivity index (χ4v) is 3.21. The predicted octanol–water partition coefficient (Wildman–Crippen LogP) is 0.817. The number of nitrogens with one attached hydrogen (secondary N) is 1. The summed E-state index contributed by atoms with van der Waals surface area (Å²) in [5.74, 6) is -0.0904. The minimum absolute atomic E-state index is 0.0406. The molecular formula is C14H16N4O2S. The smallest absolute Gasteiger partial charge is 0.246 e. The monoisotopic (exact) mass is 304 g/mol. The van der Waals surface area contributed by atoms with E-state index in [0.717, 1.165) is 10.6 Å². The third-order valence-corrected chi connectivity index (χ3v) is 4.48. The number of hydrogen-bond donors (Lipinski definition) is 1. The summed E-state index contributed by atoms with van der Waals surface area (Å²) < 4.78 is 1.70. The van der Waals surface area contributed by atoms with Crippen LogP contribution in [0.1, 0.15) is 16.6 Å². The first-order valence-corrected chi connectivity index (χ1v) is 7.61. The van der Waals surface area contributed by atoms with Crippen LogP contribution in [0.5, 0.6) is 0 Å². The molecule has 2 aromatic heterocycles. The van der Waals surface area contributed by atoms with Gasteiger partial charge in [0.25, 0.3) is 0 Å². The molecule has 0 fully saturated rings. The van der Waals surface area contributed by atoms with Gasteiger partial charge in [-0.3, -0.25) is 14.3 Å². The number of carbonyl (C=O) groups is 2.